The molecule has 2 N–H and O–H groups in total. The van der Waals surface area contributed by atoms with E-state index in [1.54, 1.807) is 17.2 Å². The van der Waals surface area contributed by atoms with E-state index in [4.69, 9.17) is 15.0 Å². The van der Waals surface area contributed by atoms with Gasteiger partial charge in [0.15, 0.2) is 0 Å². The SMILES string of the molecule is CC(C)(C)OON1[C@H](Cc2ccc(C(=O)O)cc2)CC[C@@H]1[C@H](O)c1ccccc1. The number of carbonyl (C=O) groups is 1. The Kier molecular flexibility index (Phi) is 6.70. The largest absolute Gasteiger partial charge is 0.478 e. The van der Waals surface area contributed by atoms with Crippen LogP contribution >= 0.6 is 0 Å². The van der Waals surface area contributed by atoms with Crippen molar-refractivity contribution >= 4 is 5.97 Å². The Labute approximate surface area is 171 Å². The maximum absolute atomic E-state index is 11.1. The standard InChI is InChI=1S/C23H29NO5/c1-23(2,3)28-29-24-19(15-16-9-11-18(12-10-16)22(26)27)13-14-20(24)21(25)17-7-5-4-6-8-17/h4-12,19-21,25H,13-15H2,1-3H3,(H,26,27)/t19-,20+,21+/m0/s1. The van der Waals surface area contributed by atoms with Gasteiger partial charge >= 0.3 is 5.97 Å². The Bertz CT molecular complexity index is 800. The van der Waals surface area contributed by atoms with Gasteiger partial charge in [0.05, 0.1) is 23.3 Å². The highest BCUT2D eigenvalue weighted by atomic mass is 17.3. The molecule has 1 fully saturated rings. The van der Waals surface area contributed by atoms with Crippen molar-refractivity contribution in [3.63, 3.8) is 0 Å². The fourth-order valence-corrected chi connectivity index (χ4v) is 3.58. The van der Waals surface area contributed by atoms with Crippen LogP contribution in [0.15, 0.2) is 54.6 Å². The number of benzene rings is 2. The van der Waals surface area contributed by atoms with Gasteiger partial charge in [-0.3, -0.25) is 0 Å². The molecule has 1 aliphatic heterocycles. The number of carboxylic acid groups (broad SMARTS) is 1. The number of aliphatic hydroxyl groups excluding tert-OH is 1. The first kappa shape index (κ1) is 21.5. The number of rotatable bonds is 7. The highest BCUT2D eigenvalue weighted by molar-refractivity contribution is 5.87. The Morgan fingerprint density at radius 2 is 1.76 bits per heavy atom. The maximum atomic E-state index is 11.1. The summed E-state index contributed by atoms with van der Waals surface area (Å²) in [4.78, 5) is 22.4. The molecule has 6 nitrogen and oxygen atoms in total. The summed E-state index contributed by atoms with van der Waals surface area (Å²) in [7, 11) is 0. The molecular formula is C23H29NO5. The molecule has 0 spiro atoms. The van der Waals surface area contributed by atoms with Crippen LogP contribution in [0.25, 0.3) is 0 Å². The molecular weight excluding hydrogens is 370 g/mol. The zero-order valence-electron chi connectivity index (χ0n) is 17.1. The van der Waals surface area contributed by atoms with Crippen molar-refractivity contribution in [1.29, 1.82) is 0 Å². The normalized spacial score (nSPS) is 21.2. The van der Waals surface area contributed by atoms with Crippen LogP contribution < -0.4 is 0 Å². The fourth-order valence-electron chi connectivity index (χ4n) is 3.58. The van der Waals surface area contributed by atoms with Gasteiger partial charge in [-0.2, -0.15) is 0 Å². The molecule has 29 heavy (non-hydrogen) atoms. The molecule has 0 saturated carbocycles. The number of aromatic carboxylic acids is 1. The lowest BCUT2D eigenvalue weighted by molar-refractivity contribution is -0.475. The summed E-state index contributed by atoms with van der Waals surface area (Å²) in [5, 5.41) is 21.8. The summed E-state index contributed by atoms with van der Waals surface area (Å²) in [6.07, 6.45) is 1.58. The third-order valence-electron chi connectivity index (χ3n) is 5.03. The highest BCUT2D eigenvalue weighted by Crippen LogP contribution is 2.35. The number of carboxylic acids is 1. The summed E-state index contributed by atoms with van der Waals surface area (Å²) in [5.74, 6) is -0.938. The van der Waals surface area contributed by atoms with E-state index in [1.807, 2.05) is 63.2 Å². The molecule has 6 heteroatoms. The lowest BCUT2D eigenvalue weighted by Gasteiger charge is -2.32. The molecule has 2 aromatic carbocycles. The van der Waals surface area contributed by atoms with Gasteiger partial charge in [0.2, 0.25) is 0 Å². The fraction of sp³-hybridized carbons (Fsp3) is 0.435. The van der Waals surface area contributed by atoms with Crippen LogP contribution in [0.2, 0.25) is 0 Å². The molecule has 0 unspecified atom stereocenters. The molecule has 156 valence electrons. The van der Waals surface area contributed by atoms with E-state index in [9.17, 15) is 9.90 Å². The molecule has 0 aromatic heterocycles. The van der Waals surface area contributed by atoms with Crippen molar-refractivity contribution in [2.75, 3.05) is 0 Å². The summed E-state index contributed by atoms with van der Waals surface area (Å²) in [6.45, 7) is 5.72. The van der Waals surface area contributed by atoms with Crippen molar-refractivity contribution in [2.45, 2.75) is 63.8 Å². The second-order valence-corrected chi connectivity index (χ2v) is 8.49. The molecule has 0 bridgehead atoms. The van der Waals surface area contributed by atoms with E-state index in [2.05, 4.69) is 0 Å². The van der Waals surface area contributed by atoms with Gasteiger partial charge in [0, 0.05) is 6.04 Å². The minimum atomic E-state index is -0.938. The van der Waals surface area contributed by atoms with Crippen LogP contribution in [0.5, 0.6) is 0 Å². The lowest BCUT2D eigenvalue weighted by atomic mass is 10.0. The van der Waals surface area contributed by atoms with Gasteiger partial charge in [-0.05, 0) is 63.3 Å². The minimum Gasteiger partial charge on any atom is -0.478 e. The second-order valence-electron chi connectivity index (χ2n) is 8.49. The predicted molar refractivity (Wildman–Crippen MR) is 109 cm³/mol. The first-order valence-corrected chi connectivity index (χ1v) is 9.94. The Morgan fingerprint density at radius 3 is 2.34 bits per heavy atom. The quantitative estimate of drug-likeness (QED) is 0.538. The van der Waals surface area contributed by atoms with Gasteiger partial charge in [-0.25, -0.2) is 9.68 Å². The number of aliphatic hydroxyl groups is 1. The van der Waals surface area contributed by atoms with Gasteiger partial charge in [-0.1, -0.05) is 42.5 Å². The molecule has 2 aromatic rings. The van der Waals surface area contributed by atoms with Crippen LogP contribution in [0, 0.1) is 0 Å². The lowest BCUT2D eigenvalue weighted by Crippen LogP contribution is -2.42. The third kappa shape index (κ3) is 5.64. The van der Waals surface area contributed by atoms with E-state index in [-0.39, 0.29) is 17.6 Å². The summed E-state index contributed by atoms with van der Waals surface area (Å²) < 4.78 is 0. The number of hydrogen-bond acceptors (Lipinski definition) is 5. The monoisotopic (exact) mass is 399 g/mol. The topological polar surface area (TPSA) is 79.2 Å². The van der Waals surface area contributed by atoms with Crippen molar-refractivity contribution in [1.82, 2.24) is 5.06 Å². The first-order valence-electron chi connectivity index (χ1n) is 9.94. The van der Waals surface area contributed by atoms with Crippen molar-refractivity contribution in [2.24, 2.45) is 0 Å². The van der Waals surface area contributed by atoms with Crippen LogP contribution in [0.1, 0.15) is 61.2 Å². The molecule has 0 radical (unpaired) electrons. The Morgan fingerprint density at radius 1 is 1.10 bits per heavy atom. The van der Waals surface area contributed by atoms with Crippen molar-refractivity contribution in [3.05, 3.63) is 71.3 Å². The summed E-state index contributed by atoms with van der Waals surface area (Å²) in [6, 6.07) is 16.2. The predicted octanol–water partition coefficient (Wildman–Crippen LogP) is 4.16. The van der Waals surface area contributed by atoms with Crippen molar-refractivity contribution in [3.8, 4) is 0 Å². The average molecular weight is 399 g/mol. The zero-order chi connectivity index (χ0) is 21.0. The molecule has 1 heterocycles. The number of nitrogens with zero attached hydrogens (tertiary/aromatic N) is 1. The van der Waals surface area contributed by atoms with Crippen LogP contribution in [-0.4, -0.2) is 38.9 Å². The molecule has 0 amide bonds. The maximum Gasteiger partial charge on any atom is 0.335 e. The van der Waals surface area contributed by atoms with Crippen LogP contribution in [-0.2, 0) is 16.3 Å². The summed E-state index contributed by atoms with van der Waals surface area (Å²) in [5.41, 5.74) is 1.63. The molecule has 3 rings (SSSR count). The summed E-state index contributed by atoms with van der Waals surface area (Å²) >= 11 is 0. The highest BCUT2D eigenvalue weighted by Gasteiger charge is 2.40. The number of hydrogen-bond donors (Lipinski definition) is 2. The Balaban J connectivity index is 1.77. The van der Waals surface area contributed by atoms with E-state index >= 15 is 0 Å². The van der Waals surface area contributed by atoms with E-state index < -0.39 is 17.7 Å². The molecule has 3 atom stereocenters. The molecule has 1 saturated heterocycles. The van der Waals surface area contributed by atoms with E-state index in [1.165, 1.54) is 0 Å². The number of hydroxylamine groups is 2. The van der Waals surface area contributed by atoms with Gasteiger partial charge in [-0.15, -0.1) is 10.1 Å². The second kappa shape index (κ2) is 9.05. The van der Waals surface area contributed by atoms with Gasteiger partial charge < -0.3 is 10.2 Å². The minimum absolute atomic E-state index is 0.0105. The average Bonchev–Trinajstić information content (AvgIpc) is 3.08. The van der Waals surface area contributed by atoms with Crippen LogP contribution in [0.4, 0.5) is 0 Å². The van der Waals surface area contributed by atoms with Gasteiger partial charge in [0.25, 0.3) is 0 Å². The smallest absolute Gasteiger partial charge is 0.335 e. The van der Waals surface area contributed by atoms with Crippen molar-refractivity contribution < 1.29 is 24.9 Å². The first-order chi connectivity index (χ1) is 13.7. The molecule has 0 aliphatic carbocycles. The zero-order valence-corrected chi connectivity index (χ0v) is 17.1. The third-order valence-corrected chi connectivity index (χ3v) is 5.03. The van der Waals surface area contributed by atoms with Gasteiger partial charge in [0.1, 0.15) is 0 Å². The van der Waals surface area contributed by atoms with E-state index in [0.717, 1.165) is 24.0 Å². The molecule has 1 aliphatic rings. The van der Waals surface area contributed by atoms with Crippen LogP contribution in [0.3, 0.4) is 0 Å². The Hall–Kier alpha value is -2.25. The van der Waals surface area contributed by atoms with E-state index in [0.29, 0.717) is 6.42 Å².